The van der Waals surface area contributed by atoms with Crippen molar-refractivity contribution in [3.05, 3.63) is 23.0 Å². The molecule has 0 saturated carbocycles. The summed E-state index contributed by atoms with van der Waals surface area (Å²) in [4.78, 5) is 3.94. The standard InChI is InChI=1S/C8H12ClN3/c1-2-11-7-3-8(9)12-5-6(7)4-10/h3,5H,2,4,10H2,1H3,(H,11,12). The van der Waals surface area contributed by atoms with Crippen LogP contribution < -0.4 is 11.1 Å². The molecule has 0 aliphatic rings. The lowest BCUT2D eigenvalue weighted by atomic mass is 10.2. The second-order valence-corrected chi connectivity index (χ2v) is 2.79. The third-order valence-corrected chi connectivity index (χ3v) is 1.75. The smallest absolute Gasteiger partial charge is 0.131 e. The Balaban J connectivity index is 2.95. The van der Waals surface area contributed by atoms with Crippen molar-refractivity contribution < 1.29 is 0 Å². The topological polar surface area (TPSA) is 50.9 Å². The number of hydrogen-bond donors (Lipinski definition) is 2. The van der Waals surface area contributed by atoms with Gasteiger partial charge in [-0.1, -0.05) is 11.6 Å². The Morgan fingerprint density at radius 1 is 1.67 bits per heavy atom. The molecular formula is C8H12ClN3. The lowest BCUT2D eigenvalue weighted by Crippen LogP contribution is -2.05. The highest BCUT2D eigenvalue weighted by atomic mass is 35.5. The van der Waals surface area contributed by atoms with E-state index in [4.69, 9.17) is 17.3 Å². The fourth-order valence-corrected chi connectivity index (χ4v) is 1.13. The first-order valence-corrected chi connectivity index (χ1v) is 4.24. The van der Waals surface area contributed by atoms with Gasteiger partial charge >= 0.3 is 0 Å². The second-order valence-electron chi connectivity index (χ2n) is 2.40. The molecule has 1 heterocycles. The van der Waals surface area contributed by atoms with E-state index < -0.39 is 0 Å². The van der Waals surface area contributed by atoms with Gasteiger partial charge in [0, 0.05) is 30.5 Å². The number of halogens is 1. The minimum atomic E-state index is 0.479. The first kappa shape index (κ1) is 9.29. The zero-order valence-electron chi connectivity index (χ0n) is 6.97. The molecule has 0 saturated heterocycles. The molecule has 1 aromatic rings. The molecular weight excluding hydrogens is 174 g/mol. The molecule has 0 spiro atoms. The van der Waals surface area contributed by atoms with Crippen LogP contribution in [0.5, 0.6) is 0 Å². The quantitative estimate of drug-likeness (QED) is 0.704. The van der Waals surface area contributed by atoms with Crippen molar-refractivity contribution in [1.29, 1.82) is 0 Å². The van der Waals surface area contributed by atoms with Gasteiger partial charge in [-0.2, -0.15) is 0 Å². The van der Waals surface area contributed by atoms with Crippen molar-refractivity contribution >= 4 is 17.3 Å². The van der Waals surface area contributed by atoms with Crippen molar-refractivity contribution in [3.63, 3.8) is 0 Å². The Hall–Kier alpha value is -0.800. The maximum Gasteiger partial charge on any atom is 0.131 e. The molecule has 0 atom stereocenters. The molecule has 0 aliphatic heterocycles. The summed E-state index contributed by atoms with van der Waals surface area (Å²) in [5.41, 5.74) is 7.47. The molecule has 1 aromatic heterocycles. The number of hydrogen-bond acceptors (Lipinski definition) is 3. The fraction of sp³-hybridized carbons (Fsp3) is 0.375. The number of nitrogens with zero attached hydrogens (tertiary/aromatic N) is 1. The molecule has 66 valence electrons. The highest BCUT2D eigenvalue weighted by molar-refractivity contribution is 6.29. The van der Waals surface area contributed by atoms with Gasteiger partial charge in [0.2, 0.25) is 0 Å². The summed E-state index contributed by atoms with van der Waals surface area (Å²) >= 11 is 5.72. The van der Waals surface area contributed by atoms with E-state index in [0.29, 0.717) is 11.7 Å². The van der Waals surface area contributed by atoms with Gasteiger partial charge in [-0.15, -0.1) is 0 Å². The van der Waals surface area contributed by atoms with Gasteiger partial charge in [-0.3, -0.25) is 0 Å². The highest BCUT2D eigenvalue weighted by Gasteiger charge is 2.00. The molecule has 0 aromatic carbocycles. The number of nitrogens with one attached hydrogen (secondary N) is 1. The summed E-state index contributed by atoms with van der Waals surface area (Å²) in [5, 5.41) is 3.65. The van der Waals surface area contributed by atoms with Crippen LogP contribution in [0.4, 0.5) is 5.69 Å². The van der Waals surface area contributed by atoms with Crippen LogP contribution in [-0.4, -0.2) is 11.5 Å². The van der Waals surface area contributed by atoms with Gasteiger partial charge in [-0.05, 0) is 13.0 Å². The monoisotopic (exact) mass is 185 g/mol. The number of nitrogens with two attached hydrogens (primary N) is 1. The zero-order chi connectivity index (χ0) is 8.97. The Bertz CT molecular complexity index is 262. The summed E-state index contributed by atoms with van der Waals surface area (Å²) in [5.74, 6) is 0. The molecule has 3 N–H and O–H groups in total. The first-order valence-electron chi connectivity index (χ1n) is 3.86. The van der Waals surface area contributed by atoms with E-state index in [2.05, 4.69) is 10.3 Å². The van der Waals surface area contributed by atoms with E-state index in [9.17, 15) is 0 Å². The minimum absolute atomic E-state index is 0.479. The third kappa shape index (κ3) is 2.09. The van der Waals surface area contributed by atoms with Crippen LogP contribution in [0, 0.1) is 0 Å². The Kier molecular flexibility index (Phi) is 3.31. The first-order chi connectivity index (χ1) is 5.77. The molecule has 0 fully saturated rings. The SMILES string of the molecule is CCNc1cc(Cl)ncc1CN. The summed E-state index contributed by atoms with van der Waals surface area (Å²) < 4.78 is 0. The summed E-state index contributed by atoms with van der Waals surface area (Å²) in [6.07, 6.45) is 1.69. The average Bonchev–Trinajstić information content (AvgIpc) is 2.05. The normalized spacial score (nSPS) is 9.92. The molecule has 0 amide bonds. The van der Waals surface area contributed by atoms with Crippen molar-refractivity contribution in [2.45, 2.75) is 13.5 Å². The van der Waals surface area contributed by atoms with Crippen LogP contribution >= 0.6 is 11.6 Å². The summed E-state index contributed by atoms with van der Waals surface area (Å²) in [7, 11) is 0. The summed E-state index contributed by atoms with van der Waals surface area (Å²) in [6.45, 7) is 3.36. The fourth-order valence-electron chi connectivity index (χ4n) is 0.976. The molecule has 0 aliphatic carbocycles. The van der Waals surface area contributed by atoms with Crippen molar-refractivity contribution in [3.8, 4) is 0 Å². The Morgan fingerprint density at radius 2 is 2.42 bits per heavy atom. The average molecular weight is 186 g/mol. The van der Waals surface area contributed by atoms with E-state index >= 15 is 0 Å². The van der Waals surface area contributed by atoms with Gasteiger partial charge < -0.3 is 11.1 Å². The van der Waals surface area contributed by atoms with Gasteiger partial charge in [0.05, 0.1) is 0 Å². The molecule has 12 heavy (non-hydrogen) atoms. The number of anilines is 1. The lowest BCUT2D eigenvalue weighted by Gasteiger charge is -2.08. The van der Waals surface area contributed by atoms with E-state index in [0.717, 1.165) is 17.8 Å². The van der Waals surface area contributed by atoms with Crippen LogP contribution in [0.1, 0.15) is 12.5 Å². The predicted octanol–water partition coefficient (Wildman–Crippen LogP) is 1.63. The second kappa shape index (κ2) is 4.28. The van der Waals surface area contributed by atoms with E-state index in [1.54, 1.807) is 12.3 Å². The molecule has 4 heteroatoms. The number of pyridine rings is 1. The van der Waals surface area contributed by atoms with E-state index in [1.165, 1.54) is 0 Å². The van der Waals surface area contributed by atoms with Crippen LogP contribution in [0.2, 0.25) is 5.15 Å². The van der Waals surface area contributed by atoms with Crippen molar-refractivity contribution in [2.24, 2.45) is 5.73 Å². The van der Waals surface area contributed by atoms with Crippen LogP contribution in [0.25, 0.3) is 0 Å². The van der Waals surface area contributed by atoms with E-state index in [-0.39, 0.29) is 0 Å². The highest BCUT2D eigenvalue weighted by Crippen LogP contribution is 2.17. The molecule has 1 rings (SSSR count). The number of aromatic nitrogens is 1. The largest absolute Gasteiger partial charge is 0.385 e. The van der Waals surface area contributed by atoms with Gasteiger partial charge in [-0.25, -0.2) is 4.98 Å². The van der Waals surface area contributed by atoms with E-state index in [1.807, 2.05) is 6.92 Å². The van der Waals surface area contributed by atoms with Crippen molar-refractivity contribution in [1.82, 2.24) is 4.98 Å². The maximum atomic E-state index is 5.72. The third-order valence-electron chi connectivity index (χ3n) is 1.54. The van der Waals surface area contributed by atoms with Crippen LogP contribution in [0.3, 0.4) is 0 Å². The molecule has 0 radical (unpaired) electrons. The Labute approximate surface area is 76.9 Å². The zero-order valence-corrected chi connectivity index (χ0v) is 7.73. The van der Waals surface area contributed by atoms with Gasteiger partial charge in [0.25, 0.3) is 0 Å². The summed E-state index contributed by atoms with van der Waals surface area (Å²) in [6, 6.07) is 1.78. The van der Waals surface area contributed by atoms with Crippen LogP contribution in [0.15, 0.2) is 12.3 Å². The maximum absolute atomic E-state index is 5.72. The minimum Gasteiger partial charge on any atom is -0.385 e. The van der Waals surface area contributed by atoms with Crippen molar-refractivity contribution in [2.75, 3.05) is 11.9 Å². The molecule has 0 unspecified atom stereocenters. The predicted molar refractivity (Wildman–Crippen MR) is 51.3 cm³/mol. The Morgan fingerprint density at radius 3 is 3.00 bits per heavy atom. The van der Waals surface area contributed by atoms with Gasteiger partial charge in [0.15, 0.2) is 0 Å². The molecule has 0 bridgehead atoms. The lowest BCUT2D eigenvalue weighted by molar-refractivity contribution is 1.04. The molecule has 3 nitrogen and oxygen atoms in total. The van der Waals surface area contributed by atoms with Crippen LogP contribution in [-0.2, 0) is 6.54 Å². The number of rotatable bonds is 3. The van der Waals surface area contributed by atoms with Gasteiger partial charge in [0.1, 0.15) is 5.15 Å².